The number of carbonyl (C=O) groups is 1. The largest absolute Gasteiger partial charge is 0.416 e. The van der Waals surface area contributed by atoms with Gasteiger partial charge in [0.25, 0.3) is 0 Å². The summed E-state index contributed by atoms with van der Waals surface area (Å²) in [6.07, 6.45) is -2.71. The maximum atomic E-state index is 13.1. The van der Waals surface area contributed by atoms with E-state index in [9.17, 15) is 18.0 Å². The highest BCUT2D eigenvalue weighted by Crippen LogP contribution is 2.32. The van der Waals surface area contributed by atoms with Gasteiger partial charge < -0.3 is 5.32 Å². The summed E-state index contributed by atoms with van der Waals surface area (Å²) in [5, 5.41) is 7.41. The molecule has 0 atom stereocenters. The molecular weight excluding hydrogens is 429 g/mol. The van der Waals surface area contributed by atoms with Crippen LogP contribution in [0.5, 0.6) is 0 Å². The van der Waals surface area contributed by atoms with Crippen molar-refractivity contribution in [1.29, 1.82) is 0 Å². The Morgan fingerprint density at radius 2 is 1.67 bits per heavy atom. The average Bonchev–Trinajstić information content (AvgIpc) is 3.17. The van der Waals surface area contributed by atoms with Gasteiger partial charge in [-0.2, -0.15) is 18.3 Å². The third-order valence-corrected chi connectivity index (χ3v) is 5.27. The van der Waals surface area contributed by atoms with Crippen molar-refractivity contribution in [2.45, 2.75) is 33.9 Å². The van der Waals surface area contributed by atoms with Gasteiger partial charge in [0.2, 0.25) is 5.91 Å². The number of anilines is 1. The van der Waals surface area contributed by atoms with Gasteiger partial charge in [-0.25, -0.2) is 9.50 Å². The molecule has 33 heavy (non-hydrogen) atoms. The fourth-order valence-corrected chi connectivity index (χ4v) is 3.26. The summed E-state index contributed by atoms with van der Waals surface area (Å²) in [7, 11) is 0. The quantitative estimate of drug-likeness (QED) is 0.393. The molecule has 1 N–H and O–H groups in total. The molecule has 0 saturated carbocycles. The van der Waals surface area contributed by atoms with Crippen molar-refractivity contribution < 1.29 is 18.0 Å². The normalized spacial score (nSPS) is 12.2. The predicted octanol–water partition coefficient (Wildman–Crippen LogP) is 6.38. The maximum absolute atomic E-state index is 13.1. The molecule has 0 spiro atoms. The summed E-state index contributed by atoms with van der Waals surface area (Å²) in [5.41, 5.74) is 3.11. The molecule has 170 valence electrons. The van der Waals surface area contributed by atoms with Crippen LogP contribution >= 0.6 is 0 Å². The molecule has 0 saturated heterocycles. The van der Waals surface area contributed by atoms with Crippen molar-refractivity contribution in [3.05, 3.63) is 71.9 Å². The van der Waals surface area contributed by atoms with E-state index in [0.717, 1.165) is 23.3 Å². The van der Waals surface area contributed by atoms with Gasteiger partial charge in [-0.15, -0.1) is 0 Å². The molecule has 2 aromatic heterocycles. The predicted molar refractivity (Wildman–Crippen MR) is 122 cm³/mol. The van der Waals surface area contributed by atoms with Crippen LogP contribution in [-0.4, -0.2) is 20.5 Å². The highest BCUT2D eigenvalue weighted by Gasteiger charge is 2.30. The molecule has 0 aliphatic heterocycles. The lowest BCUT2D eigenvalue weighted by atomic mass is 9.95. The Bertz CT molecular complexity index is 1350. The first-order chi connectivity index (χ1) is 15.4. The summed E-state index contributed by atoms with van der Waals surface area (Å²) in [6, 6.07) is 14.1. The smallest absolute Gasteiger partial charge is 0.325 e. The molecule has 0 aliphatic rings. The number of amides is 1. The number of aryl methyl sites for hydroxylation is 1. The van der Waals surface area contributed by atoms with E-state index in [2.05, 4.69) is 15.4 Å². The van der Waals surface area contributed by atoms with Crippen LogP contribution < -0.4 is 5.32 Å². The first-order valence-electron chi connectivity index (χ1n) is 10.4. The Morgan fingerprint density at radius 3 is 2.36 bits per heavy atom. The molecule has 5 nitrogen and oxygen atoms in total. The average molecular weight is 452 g/mol. The lowest BCUT2D eigenvalue weighted by molar-refractivity contribution is -0.137. The highest BCUT2D eigenvalue weighted by molar-refractivity contribution is 5.95. The minimum Gasteiger partial charge on any atom is -0.325 e. The fraction of sp³-hybridized carbons (Fsp3) is 0.240. The second kappa shape index (κ2) is 8.03. The van der Waals surface area contributed by atoms with Crippen LogP contribution in [0.4, 0.5) is 18.9 Å². The number of carbonyl (C=O) groups excluding carboxylic acids is 1. The van der Waals surface area contributed by atoms with Gasteiger partial charge in [-0.1, -0.05) is 45.0 Å². The number of imidazole rings is 1. The molecule has 2 aromatic carbocycles. The lowest BCUT2D eigenvalue weighted by Gasteiger charge is -2.19. The number of nitrogens with zero attached hydrogens (tertiary/aromatic N) is 3. The van der Waals surface area contributed by atoms with E-state index in [-0.39, 0.29) is 5.91 Å². The molecule has 2 heterocycles. The maximum Gasteiger partial charge on any atom is 0.416 e. The number of benzene rings is 2. The van der Waals surface area contributed by atoms with Crippen molar-refractivity contribution in [2.75, 3.05) is 5.32 Å². The van der Waals surface area contributed by atoms with Gasteiger partial charge in [-0.3, -0.25) is 4.79 Å². The van der Waals surface area contributed by atoms with Crippen LogP contribution in [0, 0.1) is 12.3 Å². The van der Waals surface area contributed by atoms with Crippen LogP contribution in [0.1, 0.15) is 31.9 Å². The summed E-state index contributed by atoms with van der Waals surface area (Å²) >= 11 is 0. The topological polar surface area (TPSA) is 59.3 Å². The molecule has 0 unspecified atom stereocenters. The van der Waals surface area contributed by atoms with Gasteiger partial charge in [-0.05, 0) is 42.8 Å². The minimum absolute atomic E-state index is 0.0925. The molecular formula is C25H23F3N4O. The number of hydrogen-bond donors (Lipinski definition) is 1. The van der Waals surface area contributed by atoms with E-state index in [4.69, 9.17) is 0 Å². The third-order valence-electron chi connectivity index (χ3n) is 5.27. The van der Waals surface area contributed by atoms with Gasteiger partial charge >= 0.3 is 6.18 Å². The Balaban J connectivity index is 1.69. The molecule has 0 aliphatic carbocycles. The molecule has 8 heteroatoms. The summed E-state index contributed by atoms with van der Waals surface area (Å²) in [4.78, 5) is 17.0. The zero-order valence-corrected chi connectivity index (χ0v) is 18.7. The van der Waals surface area contributed by atoms with E-state index in [1.165, 1.54) is 10.6 Å². The zero-order valence-electron chi connectivity index (χ0n) is 18.7. The highest BCUT2D eigenvalue weighted by atomic mass is 19.4. The zero-order chi connectivity index (χ0) is 24.0. The second-order valence-electron chi connectivity index (χ2n) is 8.96. The van der Waals surface area contributed by atoms with Crippen molar-refractivity contribution in [3.63, 3.8) is 0 Å². The van der Waals surface area contributed by atoms with Gasteiger partial charge in [0.1, 0.15) is 0 Å². The van der Waals surface area contributed by atoms with E-state index in [1.54, 1.807) is 24.4 Å². The molecule has 4 aromatic rings. The number of hydrogen-bond acceptors (Lipinski definition) is 3. The first-order valence-corrected chi connectivity index (χ1v) is 10.4. The standard InChI is InChI=1S/C25H23F3N4O/c1-15-8-9-17(13-20(15)30-23(33)24(2,3)4)21-14-32-22(29-21)11-10-19(31-32)16-6-5-7-18(12-16)25(26,27)28/h5-14H,1-4H3,(H,30,33). The van der Waals surface area contributed by atoms with Crippen LogP contribution in [0.2, 0.25) is 0 Å². The van der Waals surface area contributed by atoms with E-state index in [0.29, 0.717) is 28.3 Å². The monoisotopic (exact) mass is 452 g/mol. The SMILES string of the molecule is Cc1ccc(-c2cn3nc(-c4cccc(C(F)(F)F)c4)ccc3n2)cc1NC(=O)C(C)(C)C. The molecule has 0 radical (unpaired) electrons. The van der Waals surface area contributed by atoms with Gasteiger partial charge in [0, 0.05) is 22.2 Å². The molecule has 0 fully saturated rings. The number of nitrogens with one attached hydrogen (secondary N) is 1. The number of halogens is 3. The molecule has 4 rings (SSSR count). The Morgan fingerprint density at radius 1 is 0.939 bits per heavy atom. The number of alkyl halides is 3. The van der Waals surface area contributed by atoms with E-state index in [1.807, 2.05) is 45.9 Å². The van der Waals surface area contributed by atoms with Crippen LogP contribution in [0.15, 0.2) is 60.8 Å². The number of rotatable bonds is 3. The van der Waals surface area contributed by atoms with E-state index >= 15 is 0 Å². The van der Waals surface area contributed by atoms with Crippen molar-refractivity contribution in [1.82, 2.24) is 14.6 Å². The van der Waals surface area contributed by atoms with Crippen molar-refractivity contribution in [3.8, 4) is 22.5 Å². The van der Waals surface area contributed by atoms with Crippen LogP contribution in [0.3, 0.4) is 0 Å². The Kier molecular flexibility index (Phi) is 5.47. The lowest BCUT2D eigenvalue weighted by Crippen LogP contribution is -2.27. The summed E-state index contributed by atoms with van der Waals surface area (Å²) in [5.74, 6) is -0.0925. The minimum atomic E-state index is -4.42. The van der Waals surface area contributed by atoms with E-state index < -0.39 is 17.2 Å². The van der Waals surface area contributed by atoms with Crippen LogP contribution in [-0.2, 0) is 11.0 Å². The second-order valence-corrected chi connectivity index (χ2v) is 8.96. The Hall–Kier alpha value is -3.68. The fourth-order valence-electron chi connectivity index (χ4n) is 3.26. The van der Waals surface area contributed by atoms with Crippen molar-refractivity contribution >= 4 is 17.2 Å². The Labute approximate surface area is 189 Å². The summed E-state index contributed by atoms with van der Waals surface area (Å²) < 4.78 is 40.8. The molecule has 0 bridgehead atoms. The van der Waals surface area contributed by atoms with Gasteiger partial charge in [0.15, 0.2) is 5.65 Å². The number of aromatic nitrogens is 3. The summed E-state index contributed by atoms with van der Waals surface area (Å²) in [6.45, 7) is 7.44. The first kappa shape index (κ1) is 22.5. The van der Waals surface area contributed by atoms with Gasteiger partial charge in [0.05, 0.1) is 23.1 Å². The van der Waals surface area contributed by atoms with Crippen LogP contribution in [0.25, 0.3) is 28.2 Å². The van der Waals surface area contributed by atoms with Crippen molar-refractivity contribution in [2.24, 2.45) is 5.41 Å². The third kappa shape index (κ3) is 4.74. The number of fused-ring (bicyclic) bond motifs is 1. The molecule has 1 amide bonds.